The lowest BCUT2D eigenvalue weighted by Gasteiger charge is -2.29. The zero-order valence-electron chi connectivity index (χ0n) is 13.5. The summed E-state index contributed by atoms with van der Waals surface area (Å²) in [5.74, 6) is 0. The largest absolute Gasteiger partial charge is 0.420 e. The minimum absolute atomic E-state index is 1.26. The molecule has 0 aliphatic carbocycles. The monoisotopic (exact) mass is 290 g/mol. The van der Waals surface area contributed by atoms with E-state index in [4.69, 9.17) is 8.85 Å². The Labute approximate surface area is 117 Å². The molecule has 0 saturated carbocycles. The quantitative estimate of drug-likeness (QED) is 0.392. The molecule has 0 bridgehead atoms. The highest BCUT2D eigenvalue weighted by Gasteiger charge is 2.31. The molecule has 0 unspecified atom stereocenters. The Bertz CT molecular complexity index is 163. The maximum atomic E-state index is 5.87. The van der Waals surface area contributed by atoms with Crippen molar-refractivity contribution in [1.29, 1.82) is 0 Å². The molecule has 0 heterocycles. The molecule has 0 amide bonds. The zero-order chi connectivity index (χ0) is 14.1. The van der Waals surface area contributed by atoms with Crippen LogP contribution in [-0.2, 0) is 8.85 Å². The van der Waals surface area contributed by atoms with E-state index >= 15 is 0 Å². The van der Waals surface area contributed by atoms with Crippen LogP contribution in [0.5, 0.6) is 0 Å². The van der Waals surface area contributed by atoms with Crippen molar-refractivity contribution in [2.75, 3.05) is 14.2 Å². The predicted molar refractivity (Wildman–Crippen MR) is 86.3 cm³/mol. The second kappa shape index (κ2) is 9.29. The number of hydrogen-bond donors (Lipinski definition) is 0. The summed E-state index contributed by atoms with van der Waals surface area (Å²) in [6.45, 7) is 9.19. The van der Waals surface area contributed by atoms with E-state index in [1.54, 1.807) is 0 Å². The van der Waals surface area contributed by atoms with Gasteiger partial charge in [-0.3, -0.25) is 0 Å². The highest BCUT2D eigenvalue weighted by Crippen LogP contribution is 2.28. The summed E-state index contributed by atoms with van der Waals surface area (Å²) in [6, 6.07) is 7.70. The lowest BCUT2D eigenvalue weighted by Crippen LogP contribution is -2.36. The molecule has 0 spiro atoms. The number of hydrogen-bond acceptors (Lipinski definition) is 2. The van der Waals surface area contributed by atoms with E-state index in [2.05, 4.69) is 27.7 Å². The molecule has 0 saturated heterocycles. The highest BCUT2D eigenvalue weighted by molar-refractivity contribution is 6.74. The lowest BCUT2D eigenvalue weighted by molar-refractivity contribution is 0.384. The van der Waals surface area contributed by atoms with Crippen molar-refractivity contribution in [3.05, 3.63) is 0 Å². The molecule has 0 rings (SSSR count). The highest BCUT2D eigenvalue weighted by atomic mass is 28.4. The van der Waals surface area contributed by atoms with Crippen LogP contribution in [0.1, 0.15) is 40.5 Å². The Morgan fingerprint density at radius 2 is 0.889 bits per heavy atom. The SMILES string of the molecule is CC[Si](CC)(CCCC[Si](CC)(CC)OC)OC. The van der Waals surface area contributed by atoms with Crippen LogP contribution in [0, 0.1) is 0 Å². The average Bonchev–Trinajstić information content (AvgIpc) is 2.45. The molecule has 0 aromatic heterocycles. The summed E-state index contributed by atoms with van der Waals surface area (Å²) >= 11 is 0. The van der Waals surface area contributed by atoms with Crippen LogP contribution in [0.4, 0.5) is 0 Å². The third-order valence-electron chi connectivity index (χ3n) is 4.96. The Morgan fingerprint density at radius 1 is 0.611 bits per heavy atom. The molecular weight excluding hydrogens is 256 g/mol. The molecule has 0 radical (unpaired) electrons. The van der Waals surface area contributed by atoms with Crippen LogP contribution in [0.25, 0.3) is 0 Å². The molecule has 0 aromatic rings. The standard InChI is InChI=1S/C14H34O2Si2/c1-7-17(8-2,15-5)13-11-12-14-18(9-3,10-4)16-6/h7-14H2,1-6H3. The molecular formula is C14H34O2Si2. The van der Waals surface area contributed by atoms with Crippen LogP contribution in [-0.4, -0.2) is 30.9 Å². The fraction of sp³-hybridized carbons (Fsp3) is 1.00. The molecule has 0 aromatic carbocycles. The maximum Gasteiger partial charge on any atom is 0.191 e. The van der Waals surface area contributed by atoms with Crippen LogP contribution in [0.3, 0.4) is 0 Å². The first kappa shape index (κ1) is 18.4. The minimum Gasteiger partial charge on any atom is -0.420 e. The van der Waals surface area contributed by atoms with Gasteiger partial charge in [-0.15, -0.1) is 0 Å². The summed E-state index contributed by atoms with van der Waals surface area (Å²) in [6.07, 6.45) is 2.67. The van der Waals surface area contributed by atoms with Gasteiger partial charge in [0, 0.05) is 14.2 Å². The topological polar surface area (TPSA) is 18.5 Å². The van der Waals surface area contributed by atoms with Crippen molar-refractivity contribution in [2.24, 2.45) is 0 Å². The Hall–Kier alpha value is 0.354. The average molecular weight is 291 g/mol. The third kappa shape index (κ3) is 5.15. The van der Waals surface area contributed by atoms with Crippen molar-refractivity contribution < 1.29 is 8.85 Å². The first-order chi connectivity index (χ1) is 8.57. The Balaban J connectivity index is 4.11. The summed E-state index contributed by atoms with van der Waals surface area (Å²) in [5, 5.41) is 0. The van der Waals surface area contributed by atoms with Gasteiger partial charge in [-0.1, -0.05) is 40.5 Å². The molecule has 4 heteroatoms. The van der Waals surface area contributed by atoms with E-state index in [9.17, 15) is 0 Å². The normalized spacial score (nSPS) is 13.0. The summed E-state index contributed by atoms with van der Waals surface area (Å²) in [7, 11) is 1.10. The first-order valence-electron chi connectivity index (χ1n) is 7.67. The number of rotatable bonds is 11. The van der Waals surface area contributed by atoms with Crippen LogP contribution in [0.15, 0.2) is 0 Å². The second-order valence-corrected chi connectivity index (χ2v) is 14.8. The molecule has 0 aliphatic rings. The van der Waals surface area contributed by atoms with E-state index in [-0.39, 0.29) is 0 Å². The minimum atomic E-state index is -1.37. The van der Waals surface area contributed by atoms with E-state index < -0.39 is 16.6 Å². The van der Waals surface area contributed by atoms with Crippen molar-refractivity contribution in [2.45, 2.75) is 76.8 Å². The Kier molecular flexibility index (Phi) is 9.47. The van der Waals surface area contributed by atoms with E-state index in [1.165, 1.54) is 49.1 Å². The first-order valence-corrected chi connectivity index (χ1v) is 12.7. The zero-order valence-corrected chi connectivity index (χ0v) is 15.5. The van der Waals surface area contributed by atoms with Crippen molar-refractivity contribution in [3.8, 4) is 0 Å². The fourth-order valence-electron chi connectivity index (χ4n) is 2.88. The smallest absolute Gasteiger partial charge is 0.191 e. The second-order valence-electron chi connectivity index (χ2n) is 5.40. The summed E-state index contributed by atoms with van der Waals surface area (Å²) < 4.78 is 11.7. The van der Waals surface area contributed by atoms with E-state index in [1.807, 2.05) is 14.2 Å². The maximum absolute atomic E-state index is 5.87. The van der Waals surface area contributed by atoms with Gasteiger partial charge in [-0.05, 0) is 36.3 Å². The van der Waals surface area contributed by atoms with Crippen LogP contribution >= 0.6 is 0 Å². The van der Waals surface area contributed by atoms with Gasteiger partial charge >= 0.3 is 0 Å². The molecule has 0 N–H and O–H groups in total. The van der Waals surface area contributed by atoms with Crippen molar-refractivity contribution in [3.63, 3.8) is 0 Å². The van der Waals surface area contributed by atoms with Gasteiger partial charge in [0.25, 0.3) is 0 Å². The number of unbranched alkanes of at least 4 members (excludes halogenated alkanes) is 1. The van der Waals surface area contributed by atoms with Crippen LogP contribution in [0.2, 0.25) is 36.3 Å². The van der Waals surface area contributed by atoms with Gasteiger partial charge in [0.15, 0.2) is 16.6 Å². The molecule has 0 fully saturated rings. The van der Waals surface area contributed by atoms with Gasteiger partial charge in [-0.25, -0.2) is 0 Å². The molecule has 110 valence electrons. The predicted octanol–water partition coefficient (Wildman–Crippen LogP) is 5.03. The molecule has 2 nitrogen and oxygen atoms in total. The third-order valence-corrected chi connectivity index (χ3v) is 14.4. The van der Waals surface area contributed by atoms with Gasteiger partial charge in [0.05, 0.1) is 0 Å². The van der Waals surface area contributed by atoms with Crippen molar-refractivity contribution >= 4 is 16.6 Å². The van der Waals surface area contributed by atoms with Gasteiger partial charge in [0.1, 0.15) is 0 Å². The summed E-state index contributed by atoms with van der Waals surface area (Å²) in [5.41, 5.74) is 0. The molecule has 0 atom stereocenters. The Morgan fingerprint density at radius 3 is 1.06 bits per heavy atom. The lowest BCUT2D eigenvalue weighted by atomic mass is 10.4. The van der Waals surface area contributed by atoms with E-state index in [0.717, 1.165) is 0 Å². The van der Waals surface area contributed by atoms with Crippen molar-refractivity contribution in [1.82, 2.24) is 0 Å². The fourth-order valence-corrected chi connectivity index (χ4v) is 8.65. The molecule has 0 aliphatic heterocycles. The van der Waals surface area contributed by atoms with Gasteiger partial charge < -0.3 is 8.85 Å². The van der Waals surface area contributed by atoms with E-state index in [0.29, 0.717) is 0 Å². The van der Waals surface area contributed by atoms with Gasteiger partial charge in [-0.2, -0.15) is 0 Å². The van der Waals surface area contributed by atoms with Crippen LogP contribution < -0.4 is 0 Å². The van der Waals surface area contributed by atoms with Gasteiger partial charge in [0.2, 0.25) is 0 Å². The molecule has 18 heavy (non-hydrogen) atoms. The summed E-state index contributed by atoms with van der Waals surface area (Å²) in [4.78, 5) is 0.